The molecule has 5 atom stereocenters. The summed E-state index contributed by atoms with van der Waals surface area (Å²) in [6.45, 7) is 7.67. The maximum Gasteiger partial charge on any atom is 0.330 e. The number of rotatable bonds is 29. The van der Waals surface area contributed by atoms with E-state index < -0.39 is 37.7 Å². The average Bonchev–Trinajstić information content (AvgIpc) is 1.64. The minimum absolute atomic E-state index is 0.0479. The number of sulfone groups is 2. The second-order valence-corrected chi connectivity index (χ2v) is 46.2. The largest absolute Gasteiger partial charge is 0.481 e. The van der Waals surface area contributed by atoms with E-state index in [1.165, 1.54) is 122 Å². The highest BCUT2D eigenvalue weighted by Crippen LogP contribution is 2.50. The number of hydrogen-bond donors (Lipinski definition) is 2. The molecule has 0 radical (unpaired) electrons. The van der Waals surface area contributed by atoms with Crippen molar-refractivity contribution < 1.29 is 79.0 Å². The maximum absolute atomic E-state index is 13.5. The van der Waals surface area contributed by atoms with Crippen molar-refractivity contribution in [3.8, 4) is 5.88 Å². The summed E-state index contributed by atoms with van der Waals surface area (Å²) in [4.78, 5) is 75.5. The Kier molecular flexibility index (Phi) is 38.9. The number of esters is 3. The lowest BCUT2D eigenvalue weighted by Gasteiger charge is -2.26. The molecule has 4 saturated heterocycles. The number of anilines is 1. The van der Waals surface area contributed by atoms with Crippen LogP contribution in [-0.2, 0) is 85.0 Å². The third-order valence-corrected chi connectivity index (χ3v) is 35.5. The van der Waals surface area contributed by atoms with Crippen LogP contribution < -0.4 is 10.5 Å². The molecule has 3 N–H and O–H groups in total. The van der Waals surface area contributed by atoms with Crippen molar-refractivity contribution in [3.05, 3.63) is 96.1 Å². The van der Waals surface area contributed by atoms with Gasteiger partial charge >= 0.3 is 17.9 Å². The van der Waals surface area contributed by atoms with Crippen LogP contribution in [0, 0.1) is 23.7 Å². The lowest BCUT2D eigenvalue weighted by Crippen LogP contribution is -2.28. The van der Waals surface area contributed by atoms with Crippen LogP contribution in [0.2, 0.25) is 0 Å². The molecular formula is C85H115Br2N13O17S8. The summed E-state index contributed by atoms with van der Waals surface area (Å²) in [5, 5.41) is 28.5. The number of ether oxygens (including phenoxy) is 8. The first-order chi connectivity index (χ1) is 60.5. The van der Waals surface area contributed by atoms with Crippen molar-refractivity contribution in [1.82, 2.24) is 49.3 Å². The molecule has 19 rings (SSSR count). The molecule has 13 heterocycles. The van der Waals surface area contributed by atoms with E-state index >= 15 is 0 Å². The molecule has 125 heavy (non-hydrogen) atoms. The quantitative estimate of drug-likeness (QED) is 0.0190. The van der Waals surface area contributed by atoms with Gasteiger partial charge in [0.25, 0.3) is 0 Å². The summed E-state index contributed by atoms with van der Waals surface area (Å²) in [5.74, 6) is 1.35. The number of nitrogens with zero attached hydrogens (tertiary/aromatic N) is 12. The highest BCUT2D eigenvalue weighted by atomic mass is 79.9. The molecule has 0 aromatic carbocycles. The van der Waals surface area contributed by atoms with E-state index in [1.54, 1.807) is 42.4 Å². The number of aliphatic hydroxyl groups is 1. The van der Waals surface area contributed by atoms with E-state index in [2.05, 4.69) is 116 Å². The number of alkyl halides is 1. The summed E-state index contributed by atoms with van der Waals surface area (Å²) in [6, 6.07) is 10.6. The van der Waals surface area contributed by atoms with Crippen molar-refractivity contribution in [1.29, 1.82) is 0 Å². The number of ketones is 1. The number of thioether (sulfide) groups is 2. The Hall–Kier alpha value is -5.73. The molecule has 30 nitrogen and oxygen atoms in total. The van der Waals surface area contributed by atoms with Gasteiger partial charge in [0, 0.05) is 98.5 Å². The number of thiazole rings is 2. The van der Waals surface area contributed by atoms with Gasteiger partial charge in [0.2, 0.25) is 5.88 Å². The topological polar surface area (TPSA) is 386 Å². The molecule has 6 aliphatic heterocycles. The first-order valence-corrected chi connectivity index (χ1v) is 53.5. The molecule has 7 aromatic rings. The van der Waals surface area contributed by atoms with E-state index in [1.807, 2.05) is 54.0 Å². The summed E-state index contributed by atoms with van der Waals surface area (Å²) in [6.07, 6.45) is 38.1. The number of Topliss-reactive ketones (excluding diaryl/α,β-unsaturated/α-hetero) is 1. The van der Waals surface area contributed by atoms with Gasteiger partial charge in [-0.05, 0) is 242 Å². The third kappa shape index (κ3) is 32.4. The number of aliphatic hydroxyl groups excluding tert-OH is 1. The fraction of sp³-hybridized carbons (Fsp3) is 0.635. The third-order valence-electron chi connectivity index (χ3n) is 22.0. The van der Waals surface area contributed by atoms with Crippen LogP contribution in [0.4, 0.5) is 5.13 Å². The standard InChI is InChI=1S/C22H26N4O5S2.C15H22N2O5S.C15H22N2O3S.C9H15BrO3.C7H7N3OS.C7H9NS.C6H10S2.C4H4BrN/c1-30-19-7-6-16-22(24-19)32-20(23-16)12-18(27)17(11-14-3-2-10-31-13-14)26-9-8-21(25-26)33(28,29)15-4-5-15;1-21-15(18)13(10-11-5-8-22-9-6-11)17-7-4-14(16-17)23(19,20)12-2-3-12;1-19-15(18)13(10-11-5-8-20-9-6-11)17-7-4-14(16-17)21-12-2-3-12;1-12-9(11)8(10)6-7-2-4-13-5-3-7;8-7-10-5-2-1-4(3-11)9-6(5)12-7;1-2-7(8-5-1)9-6-3-4-6;1-2-5(1)7-8-6-3-4-6;5-4-2-1-3-6-4/h6-9,14-15,17H,2-5,10-13H2,1H3;4,7,11-13H,2-3,5-6,8-10H2,1H3;4,7,11-13H,2-3,5-6,8-10H2,1H3;7-8H,2-6H2,1H3;1-2,11H,3H2,(H2,8,10);1-2,6H,3-5H2;5-6H,1-4H2;1-2H,3H2. The zero-order chi connectivity index (χ0) is 88.2. The minimum atomic E-state index is -3.42. The van der Waals surface area contributed by atoms with Gasteiger partial charge < -0.3 is 48.7 Å². The van der Waals surface area contributed by atoms with Crippen LogP contribution in [0.25, 0.3) is 20.7 Å². The van der Waals surface area contributed by atoms with Gasteiger partial charge in [-0.15, -0.1) is 23.5 Å². The summed E-state index contributed by atoms with van der Waals surface area (Å²) >= 11 is 13.0. The van der Waals surface area contributed by atoms with Crippen LogP contribution in [0.15, 0.2) is 110 Å². The normalized spacial score (nSPS) is 20.5. The van der Waals surface area contributed by atoms with E-state index in [0.717, 1.165) is 157 Å². The van der Waals surface area contributed by atoms with Crippen molar-refractivity contribution >= 4 is 179 Å². The molecule has 7 aromatic heterocycles. The minimum Gasteiger partial charge on any atom is -0.481 e. The lowest BCUT2D eigenvalue weighted by atomic mass is 9.92. The second kappa shape index (κ2) is 49.5. The maximum atomic E-state index is 13.5. The van der Waals surface area contributed by atoms with Crippen LogP contribution in [0.5, 0.6) is 5.88 Å². The van der Waals surface area contributed by atoms with Gasteiger partial charge in [-0.3, -0.25) is 33.6 Å². The monoisotopic (exact) mass is 2000 g/mol. The Morgan fingerprint density at radius 2 is 1.02 bits per heavy atom. The molecule has 0 amide bonds. The first kappa shape index (κ1) is 98.3. The Balaban J connectivity index is 0.000000137. The molecule has 0 bridgehead atoms. The second-order valence-electron chi connectivity index (χ2n) is 32.3. The van der Waals surface area contributed by atoms with E-state index in [-0.39, 0.29) is 68.1 Å². The molecule has 684 valence electrons. The number of pyridine rings is 2. The molecular weight excluding hydrogens is 1890 g/mol. The summed E-state index contributed by atoms with van der Waals surface area (Å²) < 4.78 is 96.7. The number of carbonyl (C=O) groups excluding carboxylic acids is 4. The van der Waals surface area contributed by atoms with Crippen molar-refractivity contribution in [3.63, 3.8) is 0 Å². The highest BCUT2D eigenvalue weighted by molar-refractivity contribution is 9.18. The SMILES string of the molecule is BrC1=NCC=C1.C1=CC(SC2CC2)=NC1.C1CC1SSC1CC1.COC(=O)C(Br)CC1CCOCC1.COC(=O)C(CC1CCOCC1)n1ccc(S(=O)(=O)C2CC2)n1.COC(=O)C(CC1CCOCC1)n1ccc(SC2CC2)n1.COc1ccc2nc(CC(=O)C(CC3CCCOC3)n3ccc(S(=O)(=O)C4CC4)n3)sc2n1.Nc1nc2ccc(CO)nc2s1. The fourth-order valence-corrected chi connectivity index (χ4v) is 24.8. The van der Waals surface area contributed by atoms with Crippen LogP contribution >= 0.6 is 99.6 Å². The molecule has 12 aliphatic rings. The fourth-order valence-electron chi connectivity index (χ4n) is 13.9. The number of aliphatic imine (C=N–C) groups is 2. The van der Waals surface area contributed by atoms with Gasteiger partial charge in [0.15, 0.2) is 40.6 Å². The lowest BCUT2D eigenvalue weighted by molar-refractivity contribution is -0.146. The van der Waals surface area contributed by atoms with Crippen LogP contribution in [0.3, 0.4) is 0 Å². The average molecular weight is 2010 g/mol. The van der Waals surface area contributed by atoms with E-state index in [4.69, 9.17) is 44.0 Å². The molecule has 6 aliphatic carbocycles. The van der Waals surface area contributed by atoms with Gasteiger partial charge in [-0.1, -0.05) is 72.3 Å². The van der Waals surface area contributed by atoms with Gasteiger partial charge in [-0.25, -0.2) is 46.4 Å². The van der Waals surface area contributed by atoms with Gasteiger partial charge in [-0.2, -0.15) is 15.3 Å². The van der Waals surface area contributed by atoms with Crippen molar-refractivity contribution in [2.45, 2.75) is 237 Å². The highest BCUT2D eigenvalue weighted by Gasteiger charge is 2.42. The first-order valence-electron chi connectivity index (χ1n) is 43.1. The Morgan fingerprint density at radius 1 is 0.528 bits per heavy atom. The molecule has 10 fully saturated rings. The number of methoxy groups -OCH3 is 4. The molecule has 6 saturated carbocycles. The van der Waals surface area contributed by atoms with Crippen LogP contribution in [-0.4, -0.2) is 235 Å². The molecule has 40 heteroatoms. The molecule has 0 spiro atoms. The number of hydrogen-bond acceptors (Lipinski definition) is 33. The Labute approximate surface area is 772 Å². The van der Waals surface area contributed by atoms with Crippen LogP contribution in [0.1, 0.15) is 183 Å². The predicted molar refractivity (Wildman–Crippen MR) is 499 cm³/mol. The summed E-state index contributed by atoms with van der Waals surface area (Å²) in [5.41, 5.74) is 7.64. The number of nitrogens with two attached hydrogens (primary N) is 1. The number of aromatic nitrogens is 10. The number of halogens is 2. The molecule has 5 unspecified atom stereocenters. The smallest absolute Gasteiger partial charge is 0.330 e. The predicted octanol–water partition coefficient (Wildman–Crippen LogP) is 15.4. The zero-order valence-electron chi connectivity index (χ0n) is 71.1. The number of carbonyl (C=O) groups is 4. The van der Waals surface area contributed by atoms with Gasteiger partial charge in [0.05, 0.1) is 75.8 Å². The Bertz CT molecular complexity index is 4970. The summed E-state index contributed by atoms with van der Waals surface area (Å²) in [7, 11) is 3.25. The van der Waals surface area contributed by atoms with Crippen molar-refractivity contribution in [2.24, 2.45) is 33.7 Å². The number of nitrogen functional groups attached to an aromatic ring is 1. The number of fused-ring (bicyclic) bond motifs is 2. The number of allylic oxidation sites excluding steroid dienone is 1. The Morgan fingerprint density at radius 3 is 1.50 bits per heavy atom. The zero-order valence-corrected chi connectivity index (χ0v) is 80.8. The van der Waals surface area contributed by atoms with E-state index in [0.29, 0.717) is 103 Å². The van der Waals surface area contributed by atoms with Gasteiger partial charge in [0.1, 0.15) is 58.3 Å². The van der Waals surface area contributed by atoms with E-state index in [9.17, 15) is 36.0 Å². The van der Waals surface area contributed by atoms with Crippen molar-refractivity contribution in [2.75, 3.05) is 100 Å².